The van der Waals surface area contributed by atoms with E-state index in [0.717, 1.165) is 12.0 Å². The fourth-order valence-corrected chi connectivity index (χ4v) is 2.39. The number of aliphatic imine (C=N–C) groups is 1. The van der Waals surface area contributed by atoms with E-state index in [9.17, 15) is 5.11 Å². The molecule has 0 saturated heterocycles. The molecule has 2 aromatic rings. The molecule has 0 bridgehead atoms. The summed E-state index contributed by atoms with van der Waals surface area (Å²) < 4.78 is 11.2. The zero-order valence-corrected chi connectivity index (χ0v) is 15.2. The summed E-state index contributed by atoms with van der Waals surface area (Å²) in [6, 6.07) is 8.24. The Morgan fingerprint density at radius 2 is 2.00 bits per heavy atom. The lowest BCUT2D eigenvalue weighted by Gasteiger charge is -2.17. The Labute approximate surface area is 151 Å². The van der Waals surface area contributed by atoms with Gasteiger partial charge in [-0.05, 0) is 43.2 Å². The molecule has 0 aliphatic rings. The minimum atomic E-state index is 0.00790. The highest BCUT2D eigenvalue weighted by atomic mass is 35.5. The number of benzene rings is 2. The van der Waals surface area contributed by atoms with E-state index in [-0.39, 0.29) is 11.9 Å². The van der Waals surface area contributed by atoms with Crippen molar-refractivity contribution in [3.8, 4) is 17.2 Å². The van der Waals surface area contributed by atoms with Gasteiger partial charge in [-0.15, -0.1) is 0 Å². The van der Waals surface area contributed by atoms with Crippen molar-refractivity contribution in [1.82, 2.24) is 0 Å². The third-order valence-electron chi connectivity index (χ3n) is 3.44. The van der Waals surface area contributed by atoms with Gasteiger partial charge in [-0.3, -0.25) is 4.99 Å². The number of phenolic OH excluding ortho intramolecular Hbond substituents is 1. The van der Waals surface area contributed by atoms with Crippen molar-refractivity contribution >= 4 is 35.1 Å². The van der Waals surface area contributed by atoms with E-state index in [1.807, 2.05) is 13.8 Å². The second-order valence-electron chi connectivity index (χ2n) is 5.26. The summed E-state index contributed by atoms with van der Waals surface area (Å²) in [5.41, 5.74) is 1.14. The number of phenols is 1. The number of hydrogen-bond donors (Lipinski definition) is 1. The average molecular weight is 368 g/mol. The van der Waals surface area contributed by atoms with Gasteiger partial charge >= 0.3 is 0 Å². The Morgan fingerprint density at radius 3 is 2.62 bits per heavy atom. The summed E-state index contributed by atoms with van der Waals surface area (Å²) in [5.74, 6) is 1.05. The van der Waals surface area contributed by atoms with Crippen molar-refractivity contribution in [3.05, 3.63) is 45.9 Å². The highest BCUT2D eigenvalue weighted by Gasteiger charge is 2.14. The molecule has 24 heavy (non-hydrogen) atoms. The van der Waals surface area contributed by atoms with Crippen molar-refractivity contribution < 1.29 is 14.6 Å². The first-order valence-electron chi connectivity index (χ1n) is 7.51. The van der Waals surface area contributed by atoms with Crippen LogP contribution in [0.3, 0.4) is 0 Å². The molecule has 0 fully saturated rings. The lowest BCUT2D eigenvalue weighted by molar-refractivity contribution is 0.208. The fourth-order valence-electron chi connectivity index (χ4n) is 1.96. The van der Waals surface area contributed by atoms with Crippen LogP contribution < -0.4 is 9.47 Å². The summed E-state index contributed by atoms with van der Waals surface area (Å²) >= 11 is 12.1. The van der Waals surface area contributed by atoms with Crippen LogP contribution in [0.5, 0.6) is 17.2 Å². The van der Waals surface area contributed by atoms with Crippen molar-refractivity contribution in [2.75, 3.05) is 7.11 Å². The highest BCUT2D eigenvalue weighted by molar-refractivity contribution is 6.32. The van der Waals surface area contributed by atoms with Crippen LogP contribution in [-0.4, -0.2) is 24.5 Å². The van der Waals surface area contributed by atoms with Crippen molar-refractivity contribution in [3.63, 3.8) is 0 Å². The van der Waals surface area contributed by atoms with Gasteiger partial charge in [0.2, 0.25) is 0 Å². The maximum Gasteiger partial charge on any atom is 0.180 e. The van der Waals surface area contributed by atoms with Gasteiger partial charge < -0.3 is 14.6 Å². The molecule has 0 aliphatic heterocycles. The number of rotatable bonds is 6. The summed E-state index contributed by atoms with van der Waals surface area (Å²) in [5, 5.41) is 10.7. The van der Waals surface area contributed by atoms with Crippen LogP contribution in [0.25, 0.3) is 0 Å². The van der Waals surface area contributed by atoms with Gasteiger partial charge in [0.05, 0.1) is 18.2 Å². The Balaban J connectivity index is 2.31. The SMILES string of the molecule is CC[C@H](C)Oc1c(Cl)cc(C=Nc2ccc(Cl)cc2O)cc1OC. The first-order chi connectivity index (χ1) is 11.4. The van der Waals surface area contributed by atoms with Gasteiger partial charge in [0.25, 0.3) is 0 Å². The summed E-state index contributed by atoms with van der Waals surface area (Å²) in [6.07, 6.45) is 2.48. The molecule has 6 heteroatoms. The monoisotopic (exact) mass is 367 g/mol. The maximum absolute atomic E-state index is 9.83. The lowest BCUT2D eigenvalue weighted by Crippen LogP contribution is -2.11. The van der Waals surface area contributed by atoms with Gasteiger partial charge in [-0.1, -0.05) is 30.1 Å². The third-order valence-corrected chi connectivity index (χ3v) is 3.95. The smallest absolute Gasteiger partial charge is 0.180 e. The summed E-state index contributed by atoms with van der Waals surface area (Å²) in [7, 11) is 1.56. The van der Waals surface area contributed by atoms with E-state index >= 15 is 0 Å². The molecule has 0 saturated carbocycles. The van der Waals surface area contributed by atoms with E-state index in [1.165, 1.54) is 6.07 Å². The van der Waals surface area contributed by atoms with Crippen molar-refractivity contribution in [2.45, 2.75) is 26.4 Å². The van der Waals surface area contributed by atoms with Crippen molar-refractivity contribution in [1.29, 1.82) is 0 Å². The third kappa shape index (κ3) is 4.56. The zero-order chi connectivity index (χ0) is 17.7. The minimum Gasteiger partial charge on any atom is -0.506 e. The molecule has 2 rings (SSSR count). The first-order valence-corrected chi connectivity index (χ1v) is 8.27. The van der Waals surface area contributed by atoms with Gasteiger partial charge in [0, 0.05) is 17.3 Å². The summed E-state index contributed by atoms with van der Waals surface area (Å²) in [6.45, 7) is 4.00. The lowest BCUT2D eigenvalue weighted by atomic mass is 10.2. The molecule has 1 N–H and O–H groups in total. The van der Waals surface area contributed by atoms with E-state index in [2.05, 4.69) is 4.99 Å². The number of ether oxygens (including phenoxy) is 2. The molecule has 0 aromatic heterocycles. The van der Waals surface area contributed by atoms with Crippen LogP contribution >= 0.6 is 23.2 Å². The fraction of sp³-hybridized carbons (Fsp3) is 0.278. The topological polar surface area (TPSA) is 51.0 Å². The number of methoxy groups -OCH3 is 1. The molecule has 0 spiro atoms. The molecule has 128 valence electrons. The molecule has 1 atom stereocenters. The van der Waals surface area contributed by atoms with Gasteiger partial charge in [-0.25, -0.2) is 0 Å². The highest BCUT2D eigenvalue weighted by Crippen LogP contribution is 2.37. The van der Waals surface area contributed by atoms with E-state index in [1.54, 1.807) is 37.6 Å². The molecular weight excluding hydrogens is 349 g/mol. The Morgan fingerprint density at radius 1 is 1.25 bits per heavy atom. The van der Waals surface area contributed by atoms with Crippen molar-refractivity contribution in [2.24, 2.45) is 4.99 Å². The molecular formula is C18H19Cl2NO3. The van der Waals surface area contributed by atoms with Crippen LogP contribution in [0.15, 0.2) is 35.3 Å². The zero-order valence-electron chi connectivity index (χ0n) is 13.7. The number of nitrogens with zero attached hydrogens (tertiary/aromatic N) is 1. The van der Waals surface area contributed by atoms with Gasteiger partial charge in [-0.2, -0.15) is 0 Å². The molecule has 4 nitrogen and oxygen atoms in total. The van der Waals surface area contributed by atoms with E-state index in [4.69, 9.17) is 32.7 Å². The van der Waals surface area contributed by atoms with Crippen LogP contribution in [0.1, 0.15) is 25.8 Å². The molecule has 2 aromatic carbocycles. The summed E-state index contributed by atoms with van der Waals surface area (Å²) in [4.78, 5) is 4.25. The quantitative estimate of drug-likeness (QED) is 0.672. The van der Waals surface area contributed by atoms with Crippen LogP contribution in [-0.2, 0) is 0 Å². The predicted molar refractivity (Wildman–Crippen MR) is 98.8 cm³/mol. The number of aromatic hydroxyl groups is 1. The first kappa shape index (κ1) is 18.4. The molecule has 0 aliphatic carbocycles. The second kappa shape index (κ2) is 8.27. The normalized spacial score (nSPS) is 12.4. The molecule has 0 amide bonds. The van der Waals surface area contributed by atoms with Gasteiger partial charge in [0.1, 0.15) is 11.4 Å². The molecule has 0 unspecified atom stereocenters. The second-order valence-corrected chi connectivity index (χ2v) is 6.11. The largest absolute Gasteiger partial charge is 0.506 e. The molecule has 0 heterocycles. The van der Waals surface area contributed by atoms with Crippen LogP contribution in [0.2, 0.25) is 10.0 Å². The van der Waals surface area contributed by atoms with Gasteiger partial charge in [0.15, 0.2) is 11.5 Å². The standard InChI is InChI=1S/C18H19Cl2NO3/c1-4-11(2)24-18-14(20)7-12(8-17(18)23-3)10-21-15-6-5-13(19)9-16(15)22/h5-11,22H,4H2,1-3H3/t11-/m0/s1. The minimum absolute atomic E-state index is 0.00790. The number of hydrogen-bond acceptors (Lipinski definition) is 4. The van der Waals surface area contributed by atoms with E-state index < -0.39 is 0 Å². The van der Waals surface area contributed by atoms with E-state index in [0.29, 0.717) is 27.2 Å². The van der Waals surface area contributed by atoms with Crippen LogP contribution in [0, 0.1) is 0 Å². The number of halogens is 2. The Hall–Kier alpha value is -1.91. The van der Waals surface area contributed by atoms with Crippen LogP contribution in [0.4, 0.5) is 5.69 Å². The average Bonchev–Trinajstić information content (AvgIpc) is 2.55. The maximum atomic E-state index is 9.83. The molecule has 0 radical (unpaired) electrons. The Kier molecular flexibility index (Phi) is 6.35. The Bertz CT molecular complexity index is 747. The predicted octanol–water partition coefficient (Wildman–Crippen LogP) is 5.64.